The maximum Gasteiger partial charge on any atom is 0.254 e. The predicted octanol–water partition coefficient (Wildman–Crippen LogP) is 5.30. The van der Waals surface area contributed by atoms with Crippen molar-refractivity contribution in [3.63, 3.8) is 0 Å². The summed E-state index contributed by atoms with van der Waals surface area (Å²) in [6, 6.07) is 10.4. The van der Waals surface area contributed by atoms with Gasteiger partial charge in [-0.25, -0.2) is 4.39 Å². The van der Waals surface area contributed by atoms with Gasteiger partial charge < -0.3 is 25.4 Å². The zero-order chi connectivity index (χ0) is 30.9. The second-order valence-electron chi connectivity index (χ2n) is 10.9. The van der Waals surface area contributed by atoms with Gasteiger partial charge in [0.15, 0.2) is 0 Å². The standard InChI is InChI=1S/C24H25FN2O3.C8H15N3O/c1-4-17-11-15(2)23(13-20(17)25)30-22-7-8-26-21-6-5-18(12-19(21)22)24(28)27-9-10-29-14-16(27)3;1-8(2,3)11-5-7(4-9)10-6-12/h5-8,11-13,16H,4,9-10,14H2,1-3H3;4-6H,9H2,1-3H3,(H,10,12)/b;7-4+,11-5?/t16-;/m0./s1. The zero-order valence-electron chi connectivity index (χ0n) is 25.1. The molecule has 0 radical (unpaired) electrons. The van der Waals surface area contributed by atoms with Crippen LogP contribution in [0, 0.1) is 12.7 Å². The Kier molecular flexibility index (Phi) is 11.2. The van der Waals surface area contributed by atoms with E-state index in [1.165, 1.54) is 18.5 Å². The third kappa shape index (κ3) is 8.59. The van der Waals surface area contributed by atoms with Crippen LogP contribution in [0.2, 0.25) is 0 Å². The van der Waals surface area contributed by atoms with E-state index < -0.39 is 0 Å². The molecule has 3 N–H and O–H groups in total. The van der Waals surface area contributed by atoms with Gasteiger partial charge in [0.1, 0.15) is 17.3 Å². The summed E-state index contributed by atoms with van der Waals surface area (Å²) in [4.78, 5) is 33.4. The van der Waals surface area contributed by atoms with Crippen molar-refractivity contribution in [3.8, 4) is 11.5 Å². The molecule has 9 nitrogen and oxygen atoms in total. The van der Waals surface area contributed by atoms with Crippen LogP contribution in [0.15, 0.2) is 59.5 Å². The topological polar surface area (TPSA) is 119 Å². The number of benzene rings is 2. The number of hydrogen-bond donors (Lipinski definition) is 2. The molecule has 3 aromatic rings. The van der Waals surface area contributed by atoms with Gasteiger partial charge in [0.05, 0.1) is 36.0 Å². The average Bonchev–Trinajstić information content (AvgIpc) is 2.96. The normalized spacial score (nSPS) is 15.7. The number of halogens is 1. The largest absolute Gasteiger partial charge is 0.456 e. The molecule has 2 aromatic carbocycles. The molecule has 4 rings (SSSR count). The van der Waals surface area contributed by atoms with Crippen molar-refractivity contribution in [3.05, 3.63) is 77.0 Å². The van der Waals surface area contributed by atoms with Gasteiger partial charge in [0.25, 0.3) is 5.91 Å². The molecule has 2 amide bonds. The molecule has 42 heavy (non-hydrogen) atoms. The highest BCUT2D eigenvalue weighted by molar-refractivity contribution is 5.99. The second kappa shape index (κ2) is 14.5. The smallest absolute Gasteiger partial charge is 0.254 e. The Morgan fingerprint density at radius 3 is 2.67 bits per heavy atom. The van der Waals surface area contributed by atoms with Crippen molar-refractivity contribution in [1.29, 1.82) is 0 Å². The number of ether oxygens (including phenoxy) is 2. The SMILES string of the molecule is CC(C)(C)N=C/C(=C\N)NC=O.CCc1cc(C)c(Oc2ccnc3ccc(C(=O)N4CCOC[C@@H]4C)cc23)cc1F. The fourth-order valence-electron chi connectivity index (χ4n) is 4.22. The minimum atomic E-state index is -0.284. The van der Waals surface area contributed by atoms with Gasteiger partial charge in [-0.15, -0.1) is 0 Å². The van der Waals surface area contributed by atoms with Gasteiger partial charge in [-0.1, -0.05) is 6.92 Å². The number of rotatable bonds is 7. The lowest BCUT2D eigenvalue weighted by Crippen LogP contribution is -2.47. The van der Waals surface area contributed by atoms with Crippen molar-refractivity contribution in [2.24, 2.45) is 10.7 Å². The number of hydrogen-bond acceptors (Lipinski definition) is 7. The summed E-state index contributed by atoms with van der Waals surface area (Å²) in [5.41, 5.74) is 8.35. The number of fused-ring (bicyclic) bond motifs is 1. The van der Waals surface area contributed by atoms with Crippen LogP contribution < -0.4 is 15.8 Å². The summed E-state index contributed by atoms with van der Waals surface area (Å²) in [7, 11) is 0. The number of carbonyl (C=O) groups is 2. The van der Waals surface area contributed by atoms with Gasteiger partial charge in [-0.2, -0.15) is 0 Å². The Bertz CT molecular complexity index is 1470. The third-order valence-electron chi connectivity index (χ3n) is 6.52. The maximum atomic E-state index is 14.3. The van der Waals surface area contributed by atoms with Crippen LogP contribution in [0.4, 0.5) is 4.39 Å². The lowest BCUT2D eigenvalue weighted by atomic mass is 10.1. The van der Waals surface area contributed by atoms with Gasteiger partial charge >= 0.3 is 0 Å². The van der Waals surface area contributed by atoms with Crippen LogP contribution in [-0.2, 0) is 16.0 Å². The van der Waals surface area contributed by atoms with E-state index in [1.807, 2.05) is 58.6 Å². The fourth-order valence-corrected chi connectivity index (χ4v) is 4.22. The van der Waals surface area contributed by atoms with E-state index in [0.717, 1.165) is 5.56 Å². The summed E-state index contributed by atoms with van der Waals surface area (Å²) in [5.74, 6) is 0.665. The minimum Gasteiger partial charge on any atom is -0.456 e. The summed E-state index contributed by atoms with van der Waals surface area (Å²) in [5, 5.41) is 3.12. The molecule has 1 atom stereocenters. The van der Waals surface area contributed by atoms with Gasteiger partial charge in [-0.3, -0.25) is 19.6 Å². The number of allylic oxidation sites excluding steroid dienone is 1. The highest BCUT2D eigenvalue weighted by Crippen LogP contribution is 2.33. The Morgan fingerprint density at radius 2 is 2.02 bits per heavy atom. The number of nitrogens with zero attached hydrogens (tertiary/aromatic N) is 3. The average molecular weight is 578 g/mol. The van der Waals surface area contributed by atoms with E-state index in [0.29, 0.717) is 71.8 Å². The number of nitrogens with one attached hydrogen (secondary N) is 1. The Balaban J connectivity index is 0.000000343. The molecule has 1 aromatic heterocycles. The number of nitrogens with two attached hydrogens (primary N) is 1. The Morgan fingerprint density at radius 1 is 1.26 bits per heavy atom. The maximum absolute atomic E-state index is 14.3. The molecule has 0 bridgehead atoms. The molecule has 1 saturated heterocycles. The van der Waals surface area contributed by atoms with Crippen LogP contribution in [0.3, 0.4) is 0 Å². The molecule has 0 unspecified atom stereocenters. The minimum absolute atomic E-state index is 0.0225. The molecule has 1 aliphatic heterocycles. The van der Waals surface area contributed by atoms with Crippen LogP contribution in [0.1, 0.15) is 56.1 Å². The first-order valence-corrected chi connectivity index (χ1v) is 13.9. The summed E-state index contributed by atoms with van der Waals surface area (Å²) < 4.78 is 25.8. The first-order chi connectivity index (χ1) is 20.0. The molecule has 10 heteroatoms. The van der Waals surface area contributed by atoms with Gasteiger partial charge in [0.2, 0.25) is 6.41 Å². The molecule has 224 valence electrons. The number of aliphatic imine (C=N–C) groups is 1. The molecule has 0 aliphatic carbocycles. The summed E-state index contributed by atoms with van der Waals surface area (Å²) in [6.45, 7) is 13.3. The third-order valence-corrected chi connectivity index (χ3v) is 6.52. The van der Waals surface area contributed by atoms with Crippen molar-refractivity contribution in [2.75, 3.05) is 19.8 Å². The Hall–Kier alpha value is -4.31. The van der Waals surface area contributed by atoms with Crippen molar-refractivity contribution in [2.45, 2.75) is 59.5 Å². The number of aromatic nitrogens is 1. The molecule has 0 saturated carbocycles. The highest BCUT2D eigenvalue weighted by atomic mass is 19.1. The summed E-state index contributed by atoms with van der Waals surface area (Å²) >= 11 is 0. The zero-order valence-corrected chi connectivity index (χ0v) is 25.1. The van der Waals surface area contributed by atoms with E-state index in [1.54, 1.807) is 24.4 Å². The number of amides is 2. The number of carbonyl (C=O) groups excluding carboxylic acids is 2. The van der Waals surface area contributed by atoms with E-state index >= 15 is 0 Å². The second-order valence-corrected chi connectivity index (χ2v) is 10.9. The highest BCUT2D eigenvalue weighted by Gasteiger charge is 2.25. The van der Waals surface area contributed by atoms with E-state index in [-0.39, 0.29) is 23.3 Å². The van der Waals surface area contributed by atoms with Gasteiger partial charge in [0, 0.05) is 42.2 Å². The van der Waals surface area contributed by atoms with Crippen LogP contribution >= 0.6 is 0 Å². The first-order valence-electron chi connectivity index (χ1n) is 13.9. The predicted molar refractivity (Wildman–Crippen MR) is 163 cm³/mol. The van der Waals surface area contributed by atoms with Crippen molar-refractivity contribution < 1.29 is 23.5 Å². The number of morpholine rings is 1. The van der Waals surface area contributed by atoms with Crippen LogP contribution in [0.25, 0.3) is 10.9 Å². The lowest BCUT2D eigenvalue weighted by molar-refractivity contribution is -0.108. The first kappa shape index (κ1) is 32.2. The van der Waals surface area contributed by atoms with E-state index in [4.69, 9.17) is 15.2 Å². The van der Waals surface area contributed by atoms with Crippen molar-refractivity contribution in [1.82, 2.24) is 15.2 Å². The number of aryl methyl sites for hydroxylation is 2. The fraction of sp³-hybridized carbons (Fsp3) is 0.375. The number of pyridine rings is 1. The summed E-state index contributed by atoms with van der Waals surface area (Å²) in [6.07, 6.45) is 5.66. The molecule has 2 heterocycles. The van der Waals surface area contributed by atoms with E-state index in [2.05, 4.69) is 15.3 Å². The molecule has 1 fully saturated rings. The Labute approximate surface area is 246 Å². The van der Waals surface area contributed by atoms with Crippen molar-refractivity contribution >= 4 is 29.4 Å². The molecule has 0 spiro atoms. The van der Waals surface area contributed by atoms with Crippen LogP contribution in [0.5, 0.6) is 11.5 Å². The molecule has 1 aliphatic rings. The monoisotopic (exact) mass is 577 g/mol. The lowest BCUT2D eigenvalue weighted by Gasteiger charge is -2.33. The molecular formula is C32H40FN5O4. The van der Waals surface area contributed by atoms with Gasteiger partial charge in [-0.05, 0) is 82.5 Å². The van der Waals surface area contributed by atoms with Crippen LogP contribution in [-0.4, -0.2) is 59.8 Å². The quantitative estimate of drug-likeness (QED) is 0.291. The van der Waals surface area contributed by atoms with E-state index in [9.17, 15) is 14.0 Å². The molecular weight excluding hydrogens is 537 g/mol.